The van der Waals surface area contributed by atoms with E-state index in [4.69, 9.17) is 9.84 Å². The molecule has 5 rings (SSSR count). The number of nitrogens with zero attached hydrogens (tertiary/aromatic N) is 4. The summed E-state index contributed by atoms with van der Waals surface area (Å²) in [6, 6.07) is 13.3. The molecule has 0 spiro atoms. The number of likely N-dealkylation sites (tertiary alicyclic amines) is 1. The number of amides is 3. The normalized spacial score (nSPS) is 19.7. The van der Waals surface area contributed by atoms with E-state index in [0.717, 1.165) is 62.1 Å². The number of methoxy groups -OCH3 is 1. The Labute approximate surface area is 241 Å². The third kappa shape index (κ3) is 6.94. The van der Waals surface area contributed by atoms with Crippen molar-refractivity contribution in [2.24, 2.45) is 5.92 Å². The summed E-state index contributed by atoms with van der Waals surface area (Å²) < 4.78 is 6.96. The molecule has 3 heterocycles. The highest BCUT2D eigenvalue weighted by Crippen LogP contribution is 2.31. The molecular formula is C31H41N7O3. The van der Waals surface area contributed by atoms with Gasteiger partial charge in [-0.2, -0.15) is 5.10 Å². The maximum absolute atomic E-state index is 13.3. The van der Waals surface area contributed by atoms with Crippen LogP contribution >= 0.6 is 0 Å². The number of anilines is 1. The number of para-hydroxylation sites is 1. The molecule has 3 N–H and O–H groups in total. The predicted molar refractivity (Wildman–Crippen MR) is 159 cm³/mol. The minimum atomic E-state index is -0.274. The maximum atomic E-state index is 13.3. The van der Waals surface area contributed by atoms with Gasteiger partial charge in [0.15, 0.2) is 0 Å². The van der Waals surface area contributed by atoms with E-state index in [9.17, 15) is 9.59 Å². The number of ether oxygens (including phenoxy) is 1. The van der Waals surface area contributed by atoms with Gasteiger partial charge in [-0.25, -0.2) is 9.48 Å². The minimum Gasteiger partial charge on any atom is -0.383 e. The number of benzene rings is 1. The Kier molecular flexibility index (Phi) is 9.31. The van der Waals surface area contributed by atoms with Gasteiger partial charge in [-0.05, 0) is 49.9 Å². The molecule has 1 aromatic carbocycles. The van der Waals surface area contributed by atoms with Gasteiger partial charge in [-0.1, -0.05) is 44.4 Å². The molecule has 10 nitrogen and oxygen atoms in total. The highest BCUT2D eigenvalue weighted by atomic mass is 16.5. The summed E-state index contributed by atoms with van der Waals surface area (Å²) in [6.07, 6.45) is 7.17. The minimum absolute atomic E-state index is 0.0326. The van der Waals surface area contributed by atoms with Crippen molar-refractivity contribution >= 4 is 17.8 Å². The number of aromatic nitrogens is 3. The Morgan fingerprint density at radius 1 is 1.05 bits per heavy atom. The first-order valence-corrected chi connectivity index (χ1v) is 14.6. The van der Waals surface area contributed by atoms with E-state index in [1.807, 2.05) is 43.3 Å². The Balaban J connectivity index is 1.37. The van der Waals surface area contributed by atoms with Crippen molar-refractivity contribution in [3.63, 3.8) is 0 Å². The molecule has 41 heavy (non-hydrogen) atoms. The molecular weight excluding hydrogens is 518 g/mol. The average molecular weight is 560 g/mol. The molecule has 10 heteroatoms. The summed E-state index contributed by atoms with van der Waals surface area (Å²) in [4.78, 5) is 33.0. The van der Waals surface area contributed by atoms with Crippen LogP contribution in [0.3, 0.4) is 0 Å². The van der Waals surface area contributed by atoms with E-state index in [-0.39, 0.29) is 24.0 Å². The lowest BCUT2D eigenvalue weighted by Gasteiger charge is -2.22. The summed E-state index contributed by atoms with van der Waals surface area (Å²) in [7, 11) is 1.70. The Hall–Kier alpha value is -3.76. The lowest BCUT2D eigenvalue weighted by Crippen LogP contribution is -2.42. The van der Waals surface area contributed by atoms with Crippen molar-refractivity contribution in [1.29, 1.82) is 0 Å². The predicted octanol–water partition coefficient (Wildman–Crippen LogP) is 4.39. The van der Waals surface area contributed by atoms with Crippen LogP contribution in [0.1, 0.15) is 55.1 Å². The van der Waals surface area contributed by atoms with E-state index >= 15 is 0 Å². The second-order valence-corrected chi connectivity index (χ2v) is 11.2. The van der Waals surface area contributed by atoms with Crippen molar-refractivity contribution in [2.45, 2.75) is 58.0 Å². The number of hydrogen-bond donors (Lipinski definition) is 3. The second kappa shape index (κ2) is 13.3. The highest BCUT2D eigenvalue weighted by Gasteiger charge is 2.31. The quantitative estimate of drug-likeness (QED) is 0.358. The van der Waals surface area contributed by atoms with Crippen LogP contribution < -0.4 is 16.0 Å². The average Bonchev–Trinajstić information content (AvgIpc) is 3.51. The summed E-state index contributed by atoms with van der Waals surface area (Å²) in [5.74, 6) is 0.737. The fourth-order valence-electron chi connectivity index (χ4n) is 5.85. The van der Waals surface area contributed by atoms with Gasteiger partial charge in [0.25, 0.3) is 5.91 Å². The number of hydrogen-bond acceptors (Lipinski definition) is 6. The third-order valence-corrected chi connectivity index (χ3v) is 8.18. The van der Waals surface area contributed by atoms with Gasteiger partial charge in [0, 0.05) is 56.2 Å². The molecule has 0 bridgehead atoms. The molecule has 1 aliphatic carbocycles. The molecule has 1 saturated heterocycles. The largest absolute Gasteiger partial charge is 0.383 e. The van der Waals surface area contributed by atoms with Crippen molar-refractivity contribution in [1.82, 2.24) is 30.3 Å². The molecule has 2 atom stereocenters. The van der Waals surface area contributed by atoms with Crippen molar-refractivity contribution in [3.05, 3.63) is 59.9 Å². The van der Waals surface area contributed by atoms with Crippen molar-refractivity contribution in [2.75, 3.05) is 38.7 Å². The van der Waals surface area contributed by atoms with E-state index in [0.29, 0.717) is 29.7 Å². The van der Waals surface area contributed by atoms with Crippen LogP contribution in [0, 0.1) is 12.8 Å². The first-order chi connectivity index (χ1) is 19.9. The molecule has 218 valence electrons. The zero-order chi connectivity index (χ0) is 28.8. The van der Waals surface area contributed by atoms with E-state index in [1.54, 1.807) is 24.1 Å². The number of pyridine rings is 1. The number of urea groups is 1. The van der Waals surface area contributed by atoms with Gasteiger partial charge in [-0.3, -0.25) is 20.0 Å². The van der Waals surface area contributed by atoms with E-state index in [1.165, 1.54) is 6.42 Å². The van der Waals surface area contributed by atoms with E-state index < -0.39 is 0 Å². The Morgan fingerprint density at radius 3 is 2.59 bits per heavy atom. The van der Waals surface area contributed by atoms with Crippen LogP contribution in [-0.4, -0.2) is 77.0 Å². The monoisotopic (exact) mass is 559 g/mol. The number of rotatable bonds is 9. The molecule has 2 aromatic heterocycles. The zero-order valence-electron chi connectivity index (χ0n) is 24.2. The Bertz CT molecular complexity index is 1340. The first-order valence-electron chi connectivity index (χ1n) is 14.6. The van der Waals surface area contributed by atoms with Gasteiger partial charge in [0.05, 0.1) is 18.0 Å². The molecule has 1 saturated carbocycles. The molecule has 2 fully saturated rings. The fraction of sp³-hybridized carbons (Fsp3) is 0.484. The molecule has 3 amide bonds. The van der Waals surface area contributed by atoms with Crippen LogP contribution in [0.4, 0.5) is 10.6 Å². The molecule has 2 aliphatic rings. The number of carbonyl (C=O) groups is 2. The molecule has 0 radical (unpaired) electrons. The summed E-state index contributed by atoms with van der Waals surface area (Å²) in [5.41, 5.74) is 3.43. The summed E-state index contributed by atoms with van der Waals surface area (Å²) >= 11 is 0. The number of carbonyl (C=O) groups excluding carboxylic acids is 2. The highest BCUT2D eigenvalue weighted by molar-refractivity contribution is 5.94. The maximum Gasteiger partial charge on any atom is 0.320 e. The van der Waals surface area contributed by atoms with Crippen LogP contribution in [-0.2, 0) is 4.74 Å². The molecule has 3 aromatic rings. The van der Waals surface area contributed by atoms with Gasteiger partial charge in [-0.15, -0.1) is 0 Å². The van der Waals surface area contributed by atoms with Crippen LogP contribution in [0.15, 0.2) is 48.7 Å². The summed E-state index contributed by atoms with van der Waals surface area (Å²) in [5, 5.41) is 14.3. The van der Waals surface area contributed by atoms with E-state index in [2.05, 4.69) is 32.8 Å². The number of nitrogens with one attached hydrogen (secondary N) is 3. The zero-order valence-corrected chi connectivity index (χ0v) is 24.2. The Morgan fingerprint density at radius 2 is 1.83 bits per heavy atom. The van der Waals surface area contributed by atoms with Gasteiger partial charge in [0.1, 0.15) is 11.5 Å². The van der Waals surface area contributed by atoms with Crippen molar-refractivity contribution in [3.8, 4) is 16.9 Å². The van der Waals surface area contributed by atoms with Crippen LogP contribution in [0.2, 0.25) is 0 Å². The van der Waals surface area contributed by atoms with Crippen LogP contribution in [0.25, 0.3) is 16.9 Å². The molecule has 0 unspecified atom stereocenters. The first kappa shape index (κ1) is 28.8. The standard InChI is InChI=1S/C31H41N7O3/c1-21-19-37(16-17-41-3)20-27(21)34-31(40)35-29-22(2)28(36-38(29)25-12-8-5-9-13-25)23-14-15-32-26(18-23)30(39)33-24-10-6-4-7-11-24/h5,8-9,12-15,18,21,24,27H,4,6-7,10-11,16-17,19-20H2,1-3H3,(H,33,39)(H2,34,35,40)/t21-,27-/m1/s1. The van der Waals surface area contributed by atoms with Gasteiger partial charge in [0.2, 0.25) is 0 Å². The van der Waals surface area contributed by atoms with Gasteiger partial charge < -0.3 is 15.4 Å². The smallest absolute Gasteiger partial charge is 0.320 e. The molecule has 1 aliphatic heterocycles. The fourth-order valence-corrected chi connectivity index (χ4v) is 5.85. The lowest BCUT2D eigenvalue weighted by atomic mass is 9.95. The SMILES string of the molecule is COCCN1C[C@@H](C)[C@H](NC(=O)Nc2c(C)c(-c3ccnc(C(=O)NC4CCCCC4)c3)nn2-c2ccccc2)C1. The topological polar surface area (TPSA) is 113 Å². The van der Waals surface area contributed by atoms with Gasteiger partial charge >= 0.3 is 6.03 Å². The van der Waals surface area contributed by atoms with Crippen molar-refractivity contribution < 1.29 is 14.3 Å². The third-order valence-electron chi connectivity index (χ3n) is 8.18. The lowest BCUT2D eigenvalue weighted by molar-refractivity contribution is 0.0922. The second-order valence-electron chi connectivity index (χ2n) is 11.2. The van der Waals surface area contributed by atoms with Crippen LogP contribution in [0.5, 0.6) is 0 Å². The summed E-state index contributed by atoms with van der Waals surface area (Å²) in [6.45, 7) is 7.30.